The summed E-state index contributed by atoms with van der Waals surface area (Å²) < 4.78 is 26.6. The van der Waals surface area contributed by atoms with Crippen LogP contribution in [0.1, 0.15) is 37.0 Å². The van der Waals surface area contributed by atoms with Crippen LogP contribution in [0.5, 0.6) is 0 Å². The van der Waals surface area contributed by atoms with Crippen molar-refractivity contribution in [3.63, 3.8) is 0 Å². The van der Waals surface area contributed by atoms with E-state index in [9.17, 15) is 18.7 Å². The van der Waals surface area contributed by atoms with Gasteiger partial charge in [0.05, 0.1) is 5.60 Å². The zero-order chi connectivity index (χ0) is 13.8. The zero-order valence-electron chi connectivity index (χ0n) is 10.5. The van der Waals surface area contributed by atoms with Gasteiger partial charge in [-0.3, -0.25) is 4.79 Å². The molecule has 0 saturated carbocycles. The van der Waals surface area contributed by atoms with Crippen molar-refractivity contribution in [3.8, 4) is 0 Å². The van der Waals surface area contributed by atoms with E-state index in [1.165, 1.54) is 6.07 Å². The van der Waals surface area contributed by atoms with Gasteiger partial charge < -0.3 is 10.4 Å². The van der Waals surface area contributed by atoms with Gasteiger partial charge in [-0.2, -0.15) is 0 Å². The van der Waals surface area contributed by atoms with Gasteiger partial charge in [-0.05, 0) is 25.5 Å². The average molecular weight is 257 g/mol. The zero-order valence-corrected chi connectivity index (χ0v) is 10.5. The molecule has 1 atom stereocenters. The highest BCUT2D eigenvalue weighted by atomic mass is 19.1. The molecular weight excluding hydrogens is 240 g/mol. The second-order valence-electron chi connectivity index (χ2n) is 4.53. The van der Waals surface area contributed by atoms with Crippen molar-refractivity contribution in [3.05, 3.63) is 35.4 Å². The van der Waals surface area contributed by atoms with Crippen LogP contribution in [0, 0.1) is 11.6 Å². The molecule has 1 rings (SSSR count). The van der Waals surface area contributed by atoms with E-state index in [1.54, 1.807) is 6.92 Å². The number of carbonyl (C=O) groups excluding carboxylic acids is 1. The average Bonchev–Trinajstić information content (AvgIpc) is 2.26. The summed E-state index contributed by atoms with van der Waals surface area (Å²) >= 11 is 0. The lowest BCUT2D eigenvalue weighted by Gasteiger charge is -2.23. The second-order valence-corrected chi connectivity index (χ2v) is 4.53. The largest absolute Gasteiger partial charge is 0.388 e. The number of hydrogen-bond acceptors (Lipinski definition) is 2. The number of nitrogens with one attached hydrogen (secondary N) is 1. The molecule has 18 heavy (non-hydrogen) atoms. The predicted molar refractivity (Wildman–Crippen MR) is 64.2 cm³/mol. The molecule has 0 bridgehead atoms. The highest BCUT2D eigenvalue weighted by Gasteiger charge is 2.22. The van der Waals surface area contributed by atoms with Gasteiger partial charge in [0.25, 0.3) is 5.91 Å². The summed E-state index contributed by atoms with van der Waals surface area (Å²) in [5, 5.41) is 12.2. The smallest absolute Gasteiger partial charge is 0.257 e. The van der Waals surface area contributed by atoms with E-state index in [4.69, 9.17) is 0 Å². The van der Waals surface area contributed by atoms with Crippen molar-refractivity contribution >= 4 is 5.91 Å². The van der Waals surface area contributed by atoms with Crippen LogP contribution in [-0.2, 0) is 0 Å². The third-order valence-corrected chi connectivity index (χ3v) is 2.61. The maximum absolute atomic E-state index is 13.3. The molecule has 0 radical (unpaired) electrons. The Labute approximate surface area is 105 Å². The quantitative estimate of drug-likeness (QED) is 0.850. The number of halogens is 2. The molecule has 2 N–H and O–H groups in total. The molecule has 0 heterocycles. The van der Waals surface area contributed by atoms with E-state index < -0.39 is 28.7 Å². The van der Waals surface area contributed by atoms with Crippen molar-refractivity contribution in [1.82, 2.24) is 5.32 Å². The first-order chi connectivity index (χ1) is 8.37. The number of hydrogen-bond donors (Lipinski definition) is 2. The lowest BCUT2D eigenvalue weighted by molar-refractivity contribution is 0.0467. The highest BCUT2D eigenvalue weighted by molar-refractivity contribution is 5.94. The van der Waals surface area contributed by atoms with Gasteiger partial charge in [0, 0.05) is 6.54 Å². The summed E-state index contributed by atoms with van der Waals surface area (Å²) in [7, 11) is 0. The molecule has 0 aromatic heterocycles. The van der Waals surface area contributed by atoms with E-state index in [0.29, 0.717) is 6.42 Å². The summed E-state index contributed by atoms with van der Waals surface area (Å²) in [6, 6.07) is 3.22. The topological polar surface area (TPSA) is 49.3 Å². The number of amides is 1. The van der Waals surface area contributed by atoms with Crippen LogP contribution in [0.3, 0.4) is 0 Å². The van der Waals surface area contributed by atoms with Crippen molar-refractivity contribution in [2.75, 3.05) is 6.54 Å². The number of rotatable bonds is 5. The molecule has 0 spiro atoms. The molecular formula is C13H17F2NO2. The molecule has 5 heteroatoms. The van der Waals surface area contributed by atoms with E-state index >= 15 is 0 Å². The SMILES string of the molecule is CCCC(C)(O)CNC(=O)c1c(F)cccc1F. The van der Waals surface area contributed by atoms with Crippen LogP contribution < -0.4 is 5.32 Å². The Hall–Kier alpha value is -1.49. The first kappa shape index (κ1) is 14.6. The monoisotopic (exact) mass is 257 g/mol. The Balaban J connectivity index is 2.72. The van der Waals surface area contributed by atoms with E-state index in [1.807, 2.05) is 6.92 Å². The van der Waals surface area contributed by atoms with E-state index in [-0.39, 0.29) is 6.54 Å². The first-order valence-electron chi connectivity index (χ1n) is 5.82. The molecule has 0 saturated heterocycles. The van der Waals surface area contributed by atoms with Gasteiger partial charge in [-0.1, -0.05) is 19.4 Å². The van der Waals surface area contributed by atoms with Crippen LogP contribution in [-0.4, -0.2) is 23.2 Å². The lowest BCUT2D eigenvalue weighted by atomic mass is 10.0. The first-order valence-corrected chi connectivity index (χ1v) is 5.82. The molecule has 0 aliphatic carbocycles. The maximum Gasteiger partial charge on any atom is 0.257 e. The molecule has 1 amide bonds. The summed E-state index contributed by atoms with van der Waals surface area (Å²) in [5.41, 5.74) is -1.70. The lowest BCUT2D eigenvalue weighted by Crippen LogP contribution is -2.41. The summed E-state index contributed by atoms with van der Waals surface area (Å²) in [4.78, 5) is 11.6. The van der Waals surface area contributed by atoms with Crippen LogP contribution in [0.4, 0.5) is 8.78 Å². The molecule has 1 aromatic rings. The normalized spacial score (nSPS) is 14.1. The molecule has 100 valence electrons. The number of aliphatic hydroxyl groups is 1. The number of carbonyl (C=O) groups is 1. The molecule has 0 fully saturated rings. The van der Waals surface area contributed by atoms with E-state index in [2.05, 4.69) is 5.32 Å². The summed E-state index contributed by atoms with van der Waals surface area (Å²) in [6.45, 7) is 3.41. The van der Waals surface area contributed by atoms with Crippen molar-refractivity contribution in [2.24, 2.45) is 0 Å². The van der Waals surface area contributed by atoms with Crippen molar-refractivity contribution in [1.29, 1.82) is 0 Å². The van der Waals surface area contributed by atoms with Gasteiger partial charge >= 0.3 is 0 Å². The molecule has 0 aliphatic heterocycles. The summed E-state index contributed by atoms with van der Waals surface area (Å²) in [6.07, 6.45) is 1.24. The minimum absolute atomic E-state index is 0.0482. The fourth-order valence-corrected chi connectivity index (χ4v) is 1.70. The minimum atomic E-state index is -1.08. The van der Waals surface area contributed by atoms with Gasteiger partial charge in [0.2, 0.25) is 0 Å². The Morgan fingerprint density at radius 1 is 1.39 bits per heavy atom. The van der Waals surface area contributed by atoms with Gasteiger partial charge in [-0.15, -0.1) is 0 Å². The van der Waals surface area contributed by atoms with Crippen LogP contribution in [0.15, 0.2) is 18.2 Å². The fourth-order valence-electron chi connectivity index (χ4n) is 1.70. The van der Waals surface area contributed by atoms with Gasteiger partial charge in [-0.25, -0.2) is 8.78 Å². The van der Waals surface area contributed by atoms with Gasteiger partial charge in [0.15, 0.2) is 0 Å². The van der Waals surface area contributed by atoms with E-state index in [0.717, 1.165) is 18.6 Å². The maximum atomic E-state index is 13.3. The standard InChI is InChI=1S/C13H17F2NO2/c1-3-7-13(2,18)8-16-12(17)11-9(14)5-4-6-10(11)15/h4-6,18H,3,7-8H2,1-2H3,(H,16,17). The number of benzene rings is 1. The third kappa shape index (κ3) is 3.77. The van der Waals surface area contributed by atoms with Gasteiger partial charge in [0.1, 0.15) is 17.2 Å². The highest BCUT2D eigenvalue weighted by Crippen LogP contribution is 2.13. The Morgan fingerprint density at radius 3 is 2.44 bits per heavy atom. The second kappa shape index (κ2) is 5.91. The van der Waals surface area contributed by atoms with Crippen LogP contribution in [0.2, 0.25) is 0 Å². The Kier molecular flexibility index (Phi) is 4.78. The Morgan fingerprint density at radius 2 is 1.94 bits per heavy atom. The minimum Gasteiger partial charge on any atom is -0.388 e. The molecule has 0 aliphatic rings. The summed E-state index contributed by atoms with van der Waals surface area (Å²) in [5.74, 6) is -2.69. The predicted octanol–water partition coefficient (Wildman–Crippen LogP) is 2.25. The molecule has 1 aromatic carbocycles. The van der Waals surface area contributed by atoms with Crippen molar-refractivity contribution in [2.45, 2.75) is 32.3 Å². The molecule has 3 nitrogen and oxygen atoms in total. The van der Waals surface area contributed by atoms with Crippen LogP contribution in [0.25, 0.3) is 0 Å². The third-order valence-electron chi connectivity index (χ3n) is 2.61. The Bertz CT molecular complexity index is 413. The molecule has 1 unspecified atom stereocenters. The van der Waals surface area contributed by atoms with Crippen molar-refractivity contribution < 1.29 is 18.7 Å². The fraction of sp³-hybridized carbons (Fsp3) is 0.462. The van der Waals surface area contributed by atoms with Crippen LogP contribution >= 0.6 is 0 Å².